The lowest BCUT2D eigenvalue weighted by Crippen LogP contribution is -2.50. The molecule has 1 fully saturated rings. The molecule has 0 spiro atoms. The maximum atomic E-state index is 12.8. The number of para-hydroxylation sites is 2. The largest absolute Gasteiger partial charge is 0.492 e. The van der Waals surface area contributed by atoms with Gasteiger partial charge in [0.2, 0.25) is 0 Å². The van der Waals surface area contributed by atoms with Gasteiger partial charge in [-0.2, -0.15) is 0 Å². The van der Waals surface area contributed by atoms with Gasteiger partial charge >= 0.3 is 0 Å². The third kappa shape index (κ3) is 4.07. The molecule has 1 N–H and O–H groups in total. The van der Waals surface area contributed by atoms with Gasteiger partial charge in [-0.1, -0.05) is 36.4 Å². The van der Waals surface area contributed by atoms with Crippen LogP contribution < -0.4 is 10.3 Å². The van der Waals surface area contributed by atoms with Crippen LogP contribution in [0.25, 0.3) is 10.9 Å². The first-order chi connectivity index (χ1) is 13.7. The van der Waals surface area contributed by atoms with Gasteiger partial charge in [0, 0.05) is 38.2 Å². The van der Waals surface area contributed by atoms with E-state index in [2.05, 4.69) is 9.88 Å². The van der Waals surface area contributed by atoms with Gasteiger partial charge in [0.25, 0.3) is 11.5 Å². The highest BCUT2D eigenvalue weighted by Crippen LogP contribution is 2.13. The fraction of sp³-hybridized carbons (Fsp3) is 0.273. The highest BCUT2D eigenvalue weighted by molar-refractivity contribution is 5.97. The third-order valence-corrected chi connectivity index (χ3v) is 5.06. The van der Waals surface area contributed by atoms with Gasteiger partial charge in [0.15, 0.2) is 0 Å². The monoisotopic (exact) mass is 377 g/mol. The quantitative estimate of drug-likeness (QED) is 0.741. The zero-order valence-corrected chi connectivity index (χ0v) is 15.6. The summed E-state index contributed by atoms with van der Waals surface area (Å²) in [5.41, 5.74) is 0.620. The summed E-state index contributed by atoms with van der Waals surface area (Å²) >= 11 is 0. The molecule has 3 aromatic rings. The smallest absolute Gasteiger partial charge is 0.261 e. The number of nitrogens with one attached hydrogen (secondary N) is 1. The molecular weight excluding hydrogens is 354 g/mol. The Hall–Kier alpha value is -3.12. The van der Waals surface area contributed by atoms with E-state index in [4.69, 9.17) is 4.74 Å². The first-order valence-corrected chi connectivity index (χ1v) is 9.52. The highest BCUT2D eigenvalue weighted by Gasteiger charge is 2.24. The molecule has 0 atom stereocenters. The maximum absolute atomic E-state index is 12.8. The van der Waals surface area contributed by atoms with E-state index in [1.807, 2.05) is 54.6 Å². The lowest BCUT2D eigenvalue weighted by Gasteiger charge is -2.34. The van der Waals surface area contributed by atoms with Crippen LogP contribution in [0.4, 0.5) is 0 Å². The van der Waals surface area contributed by atoms with Gasteiger partial charge in [0.05, 0.1) is 0 Å². The minimum atomic E-state index is -0.331. The molecule has 1 aliphatic rings. The van der Waals surface area contributed by atoms with Gasteiger partial charge in [-0.25, -0.2) is 0 Å². The van der Waals surface area contributed by atoms with E-state index < -0.39 is 0 Å². The van der Waals surface area contributed by atoms with Crippen LogP contribution in [0.2, 0.25) is 0 Å². The number of nitrogens with zero attached hydrogens (tertiary/aromatic N) is 2. The molecule has 2 heterocycles. The van der Waals surface area contributed by atoms with Gasteiger partial charge in [-0.15, -0.1) is 0 Å². The summed E-state index contributed by atoms with van der Waals surface area (Å²) in [6, 6.07) is 18.9. The summed E-state index contributed by atoms with van der Waals surface area (Å²) in [5, 5.41) is 0.863. The Morgan fingerprint density at radius 3 is 2.46 bits per heavy atom. The summed E-state index contributed by atoms with van der Waals surface area (Å²) in [6.07, 6.45) is 0. The number of ether oxygens (including phenoxy) is 1. The summed E-state index contributed by atoms with van der Waals surface area (Å²) in [4.78, 5) is 32.0. The van der Waals surface area contributed by atoms with Crippen molar-refractivity contribution in [1.29, 1.82) is 0 Å². The minimum Gasteiger partial charge on any atom is -0.492 e. The average molecular weight is 377 g/mol. The number of H-pyrrole nitrogens is 1. The van der Waals surface area contributed by atoms with Crippen molar-refractivity contribution in [2.75, 3.05) is 39.3 Å². The predicted molar refractivity (Wildman–Crippen MR) is 109 cm³/mol. The van der Waals surface area contributed by atoms with Crippen molar-refractivity contribution in [2.45, 2.75) is 0 Å². The van der Waals surface area contributed by atoms with Gasteiger partial charge in [-0.3, -0.25) is 14.5 Å². The number of piperazine rings is 1. The predicted octanol–water partition coefficient (Wildman–Crippen LogP) is 2.36. The Labute approximate surface area is 163 Å². The number of hydrogen-bond donors (Lipinski definition) is 1. The Morgan fingerprint density at radius 2 is 1.68 bits per heavy atom. The Morgan fingerprint density at radius 1 is 0.964 bits per heavy atom. The third-order valence-electron chi connectivity index (χ3n) is 5.06. The van der Waals surface area contributed by atoms with Crippen LogP contribution in [0.5, 0.6) is 5.75 Å². The number of aromatic amines is 1. The molecule has 4 rings (SSSR count). The standard InChI is InChI=1S/C22H23N3O3/c26-21-19(16-17-6-4-5-9-20(17)23-21)22(27)25-12-10-24(11-13-25)14-15-28-18-7-2-1-3-8-18/h1-9,16H,10-15H2,(H,23,26). The molecule has 0 bridgehead atoms. The molecule has 28 heavy (non-hydrogen) atoms. The summed E-state index contributed by atoms with van der Waals surface area (Å²) in [6.45, 7) is 4.19. The van der Waals surface area contributed by atoms with Crippen molar-refractivity contribution < 1.29 is 9.53 Å². The number of amides is 1. The molecule has 1 amide bonds. The zero-order valence-electron chi connectivity index (χ0n) is 15.6. The van der Waals surface area contributed by atoms with Crippen LogP contribution in [0, 0.1) is 0 Å². The van der Waals surface area contributed by atoms with Crippen LogP contribution in [0.3, 0.4) is 0 Å². The average Bonchev–Trinajstić information content (AvgIpc) is 2.74. The van der Waals surface area contributed by atoms with E-state index in [1.54, 1.807) is 11.0 Å². The van der Waals surface area contributed by atoms with Crippen LogP contribution >= 0.6 is 0 Å². The van der Waals surface area contributed by atoms with Gasteiger partial charge in [0.1, 0.15) is 17.9 Å². The molecular formula is C22H23N3O3. The molecule has 144 valence electrons. The summed E-state index contributed by atoms with van der Waals surface area (Å²) in [7, 11) is 0. The van der Waals surface area contributed by atoms with E-state index in [9.17, 15) is 9.59 Å². The van der Waals surface area contributed by atoms with Crippen LogP contribution in [-0.2, 0) is 0 Å². The topological polar surface area (TPSA) is 65.6 Å². The first-order valence-electron chi connectivity index (χ1n) is 9.52. The molecule has 2 aromatic carbocycles. The minimum absolute atomic E-state index is 0.202. The SMILES string of the molecule is O=C(c1cc2ccccc2[nH]c1=O)N1CCN(CCOc2ccccc2)CC1. The second kappa shape index (κ2) is 8.27. The number of rotatable bonds is 5. The maximum Gasteiger partial charge on any atom is 0.261 e. The van der Waals surface area contributed by atoms with Crippen molar-refractivity contribution in [2.24, 2.45) is 0 Å². The molecule has 0 radical (unpaired) electrons. The van der Waals surface area contributed by atoms with Crippen molar-refractivity contribution >= 4 is 16.8 Å². The van der Waals surface area contributed by atoms with Crippen molar-refractivity contribution in [1.82, 2.24) is 14.8 Å². The molecule has 0 aliphatic carbocycles. The molecule has 0 saturated carbocycles. The molecule has 0 unspecified atom stereocenters. The number of fused-ring (bicyclic) bond motifs is 1. The summed E-state index contributed by atoms with van der Waals surface area (Å²) < 4.78 is 5.74. The molecule has 1 aromatic heterocycles. The van der Waals surface area contributed by atoms with E-state index in [-0.39, 0.29) is 17.0 Å². The fourth-order valence-corrected chi connectivity index (χ4v) is 3.46. The van der Waals surface area contributed by atoms with Gasteiger partial charge < -0.3 is 14.6 Å². The molecule has 6 heteroatoms. The fourth-order valence-electron chi connectivity index (χ4n) is 3.46. The number of hydrogen-bond acceptors (Lipinski definition) is 4. The highest BCUT2D eigenvalue weighted by atomic mass is 16.5. The normalized spacial score (nSPS) is 14.9. The zero-order chi connectivity index (χ0) is 19.3. The molecule has 6 nitrogen and oxygen atoms in total. The lowest BCUT2D eigenvalue weighted by molar-refractivity contribution is 0.0619. The summed E-state index contributed by atoms with van der Waals surface area (Å²) in [5.74, 6) is 0.666. The Kier molecular flexibility index (Phi) is 5.39. The van der Waals surface area contributed by atoms with Crippen molar-refractivity contribution in [3.8, 4) is 5.75 Å². The molecule has 1 aliphatic heterocycles. The molecule has 1 saturated heterocycles. The lowest BCUT2D eigenvalue weighted by atomic mass is 10.1. The van der Waals surface area contributed by atoms with E-state index in [0.29, 0.717) is 19.7 Å². The van der Waals surface area contributed by atoms with E-state index in [0.717, 1.165) is 36.3 Å². The van der Waals surface area contributed by atoms with Crippen LogP contribution in [0.1, 0.15) is 10.4 Å². The number of carbonyl (C=O) groups excluding carboxylic acids is 1. The van der Waals surface area contributed by atoms with E-state index >= 15 is 0 Å². The number of aromatic nitrogens is 1. The van der Waals surface area contributed by atoms with E-state index in [1.165, 1.54) is 0 Å². The van der Waals surface area contributed by atoms with Crippen LogP contribution in [0.15, 0.2) is 65.5 Å². The Balaban J connectivity index is 1.33. The second-order valence-electron chi connectivity index (χ2n) is 6.89. The van der Waals surface area contributed by atoms with Crippen molar-refractivity contribution in [3.63, 3.8) is 0 Å². The van der Waals surface area contributed by atoms with Crippen LogP contribution in [-0.4, -0.2) is 60.0 Å². The Bertz CT molecular complexity index is 1010. The number of carbonyl (C=O) groups is 1. The van der Waals surface area contributed by atoms with Crippen molar-refractivity contribution in [3.05, 3.63) is 76.6 Å². The second-order valence-corrected chi connectivity index (χ2v) is 6.89. The number of benzene rings is 2. The number of pyridine rings is 1. The first kappa shape index (κ1) is 18.3. The van der Waals surface area contributed by atoms with Gasteiger partial charge in [-0.05, 0) is 29.7 Å².